The van der Waals surface area contributed by atoms with Crippen LogP contribution in [0.4, 0.5) is 4.79 Å². The van der Waals surface area contributed by atoms with E-state index in [4.69, 9.17) is 9.47 Å². The van der Waals surface area contributed by atoms with Crippen molar-refractivity contribution in [1.82, 2.24) is 19.6 Å². The number of carboxylic acids is 1. The third-order valence-electron chi connectivity index (χ3n) is 9.06. The summed E-state index contributed by atoms with van der Waals surface area (Å²) in [5.41, 5.74) is 0.823. The van der Waals surface area contributed by atoms with E-state index in [0.717, 1.165) is 47.2 Å². The lowest BCUT2D eigenvalue weighted by Crippen LogP contribution is -2.52. The Morgan fingerprint density at radius 2 is 1.80 bits per heavy atom. The Labute approximate surface area is 261 Å². The SMILES string of the molecule is CCCCN(CCCC[N+](C)(C)C)C(=O)CN1C[C@H](c2ccc3c(c2)OCO3)C(C(=O)O)[C@@H]1CCN1CCC(=O)N(C)C1=O. The molecule has 12 nitrogen and oxygen atoms in total. The van der Waals surface area contributed by atoms with Gasteiger partial charge >= 0.3 is 12.0 Å². The normalized spacial score (nSPS) is 22.2. The number of imide groups is 1. The number of hydrogen-bond acceptors (Lipinski definition) is 7. The van der Waals surface area contributed by atoms with Crippen molar-refractivity contribution in [3.05, 3.63) is 23.8 Å². The molecule has 0 bridgehead atoms. The first-order chi connectivity index (χ1) is 20.9. The van der Waals surface area contributed by atoms with Crippen LogP contribution >= 0.6 is 0 Å². The summed E-state index contributed by atoms with van der Waals surface area (Å²) in [4.78, 5) is 58.2. The molecule has 1 aromatic rings. The van der Waals surface area contributed by atoms with E-state index in [1.807, 2.05) is 21.9 Å². The second-order valence-corrected chi connectivity index (χ2v) is 13.3. The van der Waals surface area contributed by atoms with E-state index in [1.54, 1.807) is 11.0 Å². The maximum Gasteiger partial charge on any atom is 0.326 e. The average Bonchev–Trinajstić information content (AvgIpc) is 3.58. The van der Waals surface area contributed by atoms with Crippen LogP contribution in [0.5, 0.6) is 11.5 Å². The van der Waals surface area contributed by atoms with Crippen LogP contribution in [0.1, 0.15) is 56.9 Å². The molecule has 1 unspecified atom stereocenters. The number of unbranched alkanes of at least 4 members (excludes halogenated alkanes) is 2. The van der Waals surface area contributed by atoms with Crippen molar-refractivity contribution in [3.8, 4) is 11.5 Å². The van der Waals surface area contributed by atoms with Gasteiger partial charge in [-0.2, -0.15) is 0 Å². The van der Waals surface area contributed by atoms with Gasteiger partial charge in [0, 0.05) is 58.2 Å². The molecule has 1 aromatic carbocycles. The second kappa shape index (κ2) is 14.6. The fourth-order valence-electron chi connectivity index (χ4n) is 6.52. The summed E-state index contributed by atoms with van der Waals surface area (Å²) in [6.07, 6.45) is 4.42. The van der Waals surface area contributed by atoms with Crippen molar-refractivity contribution in [2.75, 3.05) is 80.8 Å². The Hall–Kier alpha value is -3.38. The van der Waals surface area contributed by atoms with Gasteiger partial charge in [-0.3, -0.25) is 24.2 Å². The van der Waals surface area contributed by atoms with Crippen LogP contribution in [0.3, 0.4) is 0 Å². The summed E-state index contributed by atoms with van der Waals surface area (Å²) in [5.74, 6) is -1.12. The molecule has 0 spiro atoms. The minimum Gasteiger partial charge on any atom is -0.481 e. The quantitative estimate of drug-likeness (QED) is 0.236. The number of amides is 4. The van der Waals surface area contributed by atoms with Crippen LogP contribution in [-0.2, 0) is 14.4 Å². The Kier molecular flexibility index (Phi) is 11.1. The summed E-state index contributed by atoms with van der Waals surface area (Å²) >= 11 is 0. The number of benzene rings is 1. The fraction of sp³-hybridized carbons (Fsp3) is 0.688. The van der Waals surface area contributed by atoms with E-state index in [0.29, 0.717) is 50.6 Å². The van der Waals surface area contributed by atoms with E-state index in [-0.39, 0.29) is 43.5 Å². The monoisotopic (exact) mass is 616 g/mol. The number of carbonyl (C=O) groups excluding carboxylic acids is 3. The van der Waals surface area contributed by atoms with Crippen LogP contribution in [0.25, 0.3) is 0 Å². The lowest BCUT2D eigenvalue weighted by Gasteiger charge is -2.34. The molecule has 0 saturated carbocycles. The van der Waals surface area contributed by atoms with Gasteiger partial charge in [0.2, 0.25) is 18.6 Å². The molecule has 4 rings (SSSR count). The summed E-state index contributed by atoms with van der Waals surface area (Å²) in [6, 6.07) is 4.68. The van der Waals surface area contributed by atoms with Gasteiger partial charge in [0.25, 0.3) is 0 Å². The van der Waals surface area contributed by atoms with Gasteiger partial charge < -0.3 is 28.9 Å². The molecule has 244 valence electrons. The minimum atomic E-state index is -0.937. The molecule has 3 aliphatic heterocycles. The zero-order chi connectivity index (χ0) is 32.0. The Morgan fingerprint density at radius 3 is 2.50 bits per heavy atom. The number of rotatable bonds is 15. The van der Waals surface area contributed by atoms with Crippen LogP contribution in [0, 0.1) is 5.92 Å². The van der Waals surface area contributed by atoms with Crippen molar-refractivity contribution in [1.29, 1.82) is 0 Å². The lowest BCUT2D eigenvalue weighted by atomic mass is 9.84. The van der Waals surface area contributed by atoms with E-state index in [2.05, 4.69) is 28.1 Å². The molecule has 12 heteroatoms. The molecule has 3 atom stereocenters. The third kappa shape index (κ3) is 8.20. The summed E-state index contributed by atoms with van der Waals surface area (Å²) in [6.45, 7) is 5.71. The highest BCUT2D eigenvalue weighted by Crippen LogP contribution is 2.42. The minimum absolute atomic E-state index is 0.00329. The number of carbonyl (C=O) groups is 4. The van der Waals surface area contributed by atoms with Gasteiger partial charge in [-0.15, -0.1) is 0 Å². The lowest BCUT2D eigenvalue weighted by molar-refractivity contribution is -0.870. The number of nitrogens with zero attached hydrogens (tertiary/aromatic N) is 5. The predicted molar refractivity (Wildman–Crippen MR) is 164 cm³/mol. The van der Waals surface area contributed by atoms with Crippen molar-refractivity contribution < 1.29 is 38.2 Å². The van der Waals surface area contributed by atoms with Crippen LogP contribution < -0.4 is 9.47 Å². The van der Waals surface area contributed by atoms with Gasteiger partial charge in [0.1, 0.15) is 0 Å². The van der Waals surface area contributed by atoms with E-state index in [9.17, 15) is 24.3 Å². The molecule has 2 saturated heterocycles. The summed E-state index contributed by atoms with van der Waals surface area (Å²) in [7, 11) is 7.96. The number of quaternary nitrogens is 1. The van der Waals surface area contributed by atoms with Crippen molar-refractivity contribution in [2.24, 2.45) is 5.92 Å². The zero-order valence-corrected chi connectivity index (χ0v) is 27.0. The van der Waals surface area contributed by atoms with E-state index >= 15 is 0 Å². The van der Waals surface area contributed by atoms with Crippen molar-refractivity contribution >= 4 is 23.8 Å². The van der Waals surface area contributed by atoms with Gasteiger partial charge in [0.15, 0.2) is 11.5 Å². The molecule has 0 aliphatic carbocycles. The van der Waals surface area contributed by atoms with Crippen molar-refractivity contribution in [2.45, 2.75) is 57.4 Å². The summed E-state index contributed by atoms with van der Waals surface area (Å²) < 4.78 is 11.9. The number of urea groups is 1. The second-order valence-electron chi connectivity index (χ2n) is 13.3. The molecular weight excluding hydrogens is 566 g/mol. The van der Waals surface area contributed by atoms with Crippen LogP contribution in [0.15, 0.2) is 18.2 Å². The first kappa shape index (κ1) is 33.5. The molecule has 4 amide bonds. The van der Waals surface area contributed by atoms with Gasteiger partial charge in [0.05, 0.1) is 40.2 Å². The smallest absolute Gasteiger partial charge is 0.326 e. The highest BCUT2D eigenvalue weighted by Gasteiger charge is 2.47. The van der Waals surface area contributed by atoms with Gasteiger partial charge in [-0.05, 0) is 43.4 Å². The number of carboxylic acid groups (broad SMARTS) is 1. The highest BCUT2D eigenvalue weighted by atomic mass is 16.7. The molecule has 44 heavy (non-hydrogen) atoms. The number of hydrogen-bond donors (Lipinski definition) is 1. The third-order valence-corrected chi connectivity index (χ3v) is 9.06. The van der Waals surface area contributed by atoms with Gasteiger partial charge in [-0.1, -0.05) is 19.4 Å². The maximum absolute atomic E-state index is 13.8. The fourth-order valence-corrected chi connectivity index (χ4v) is 6.52. The van der Waals surface area contributed by atoms with Crippen LogP contribution in [-0.4, -0.2) is 140 Å². The number of fused-ring (bicyclic) bond motifs is 1. The number of aliphatic carboxylic acids is 1. The number of ether oxygens (including phenoxy) is 2. The largest absolute Gasteiger partial charge is 0.481 e. The molecular formula is C32H50N5O7+. The molecule has 1 N–H and O–H groups in total. The summed E-state index contributed by atoms with van der Waals surface area (Å²) in [5, 5.41) is 10.5. The Morgan fingerprint density at radius 1 is 1.07 bits per heavy atom. The van der Waals surface area contributed by atoms with E-state index < -0.39 is 17.9 Å². The van der Waals surface area contributed by atoms with Crippen LogP contribution in [0.2, 0.25) is 0 Å². The zero-order valence-electron chi connectivity index (χ0n) is 27.0. The van der Waals surface area contributed by atoms with E-state index in [1.165, 1.54) is 7.05 Å². The average molecular weight is 617 g/mol. The highest BCUT2D eigenvalue weighted by molar-refractivity contribution is 5.96. The topological polar surface area (TPSA) is 120 Å². The first-order valence-electron chi connectivity index (χ1n) is 15.9. The Balaban J connectivity index is 1.54. The molecule has 2 fully saturated rings. The maximum atomic E-state index is 13.8. The van der Waals surface area contributed by atoms with Gasteiger partial charge in [-0.25, -0.2) is 4.79 Å². The Bertz CT molecular complexity index is 1200. The molecule has 0 radical (unpaired) electrons. The molecule has 3 aliphatic rings. The molecule has 3 heterocycles. The predicted octanol–water partition coefficient (Wildman–Crippen LogP) is 2.67. The molecule has 0 aromatic heterocycles. The van der Waals surface area contributed by atoms with Crippen molar-refractivity contribution in [3.63, 3.8) is 0 Å². The number of likely N-dealkylation sites (tertiary alicyclic amines) is 1. The standard InChI is InChI=1S/C32H49N5O7/c1-6-7-14-34(15-8-9-18-37(3,4)5)29(39)21-36-20-24(23-10-11-26-27(19-23)44-22-43-26)30(31(40)41)25(36)12-16-35-17-13-28(38)33(2)32(35)42/h10-11,19,24-25,30H,6-9,12-18,20-22H2,1-5H3/p+1/t24-,25+,30?/m1/s1. The first-order valence-corrected chi connectivity index (χ1v) is 15.9.